The zero-order valence-electron chi connectivity index (χ0n) is 13.3. The number of carbonyl (C=O) groups excluding carboxylic acids is 2. The maximum absolute atomic E-state index is 12.4. The Balaban J connectivity index is 2.18. The van der Waals surface area contributed by atoms with Crippen molar-refractivity contribution < 1.29 is 19.5 Å². The minimum atomic E-state index is -1.08. The van der Waals surface area contributed by atoms with Gasteiger partial charge in [-0.15, -0.1) is 0 Å². The number of carbonyl (C=O) groups is 3. The van der Waals surface area contributed by atoms with Crippen molar-refractivity contribution in [2.75, 3.05) is 18.0 Å². The number of hydrogen-bond donors (Lipinski definition) is 3. The Morgan fingerprint density at radius 3 is 2.79 bits per heavy atom. The van der Waals surface area contributed by atoms with Gasteiger partial charge in [-0.2, -0.15) is 0 Å². The maximum Gasteiger partial charge on any atom is 0.326 e. The lowest BCUT2D eigenvalue weighted by Crippen LogP contribution is -2.41. The van der Waals surface area contributed by atoms with Gasteiger partial charge in [-0.25, -0.2) is 9.59 Å². The molecule has 2 rings (SSSR count). The molecule has 130 valence electrons. The number of urea groups is 1. The molecule has 1 heterocycles. The third-order valence-corrected chi connectivity index (χ3v) is 4.14. The highest BCUT2D eigenvalue weighted by Crippen LogP contribution is 2.24. The molecule has 1 aliphatic rings. The van der Waals surface area contributed by atoms with Crippen LogP contribution in [0.3, 0.4) is 0 Å². The van der Waals surface area contributed by atoms with E-state index in [-0.39, 0.29) is 16.6 Å². The van der Waals surface area contributed by atoms with Gasteiger partial charge in [0.1, 0.15) is 6.04 Å². The number of rotatable bonds is 7. The minimum Gasteiger partial charge on any atom is -0.480 e. The van der Waals surface area contributed by atoms with Crippen molar-refractivity contribution >= 4 is 35.2 Å². The van der Waals surface area contributed by atoms with Crippen LogP contribution >= 0.6 is 11.6 Å². The van der Waals surface area contributed by atoms with Crippen LogP contribution in [0.4, 0.5) is 10.5 Å². The highest BCUT2D eigenvalue weighted by Gasteiger charge is 2.25. The molecule has 1 unspecified atom stereocenters. The molecule has 3 amide bonds. The Hall–Kier alpha value is -2.28. The Morgan fingerprint density at radius 2 is 2.21 bits per heavy atom. The van der Waals surface area contributed by atoms with Crippen LogP contribution in [0.15, 0.2) is 18.2 Å². The van der Waals surface area contributed by atoms with Crippen LogP contribution in [0.25, 0.3) is 0 Å². The smallest absolute Gasteiger partial charge is 0.326 e. The molecule has 0 bridgehead atoms. The van der Waals surface area contributed by atoms with Crippen LogP contribution < -0.4 is 15.5 Å². The Bertz CT molecular complexity index is 650. The lowest BCUT2D eigenvalue weighted by Gasteiger charge is -2.18. The third kappa shape index (κ3) is 4.17. The second-order valence-electron chi connectivity index (χ2n) is 5.55. The Labute approximate surface area is 145 Å². The number of amides is 3. The monoisotopic (exact) mass is 353 g/mol. The van der Waals surface area contributed by atoms with Crippen LogP contribution in [0.5, 0.6) is 0 Å². The lowest BCUT2D eigenvalue weighted by molar-refractivity contribution is -0.139. The van der Waals surface area contributed by atoms with Crippen LogP contribution in [0.2, 0.25) is 5.02 Å². The van der Waals surface area contributed by atoms with E-state index >= 15 is 0 Å². The van der Waals surface area contributed by atoms with Crippen molar-refractivity contribution in [1.29, 1.82) is 0 Å². The molecule has 1 fully saturated rings. The van der Waals surface area contributed by atoms with Crippen molar-refractivity contribution in [2.45, 2.75) is 32.2 Å². The molecule has 0 spiro atoms. The van der Waals surface area contributed by atoms with E-state index in [1.54, 1.807) is 6.07 Å². The fourth-order valence-corrected chi connectivity index (χ4v) is 2.68. The summed E-state index contributed by atoms with van der Waals surface area (Å²) in [7, 11) is 0. The molecule has 8 heteroatoms. The first-order chi connectivity index (χ1) is 11.4. The number of carboxylic acids is 1. The SMILES string of the molecule is CCCCC(NC(=O)c1cc(N2CCNC2=O)ccc1Cl)C(=O)O. The van der Waals surface area contributed by atoms with Crippen LogP contribution in [-0.2, 0) is 4.79 Å². The van der Waals surface area contributed by atoms with Gasteiger partial charge >= 0.3 is 12.0 Å². The van der Waals surface area contributed by atoms with Gasteiger partial charge in [0.05, 0.1) is 10.6 Å². The van der Waals surface area contributed by atoms with E-state index in [1.807, 2.05) is 6.92 Å². The second kappa shape index (κ2) is 8.01. The summed E-state index contributed by atoms with van der Waals surface area (Å²) in [5, 5.41) is 14.6. The number of nitrogens with zero attached hydrogens (tertiary/aromatic N) is 1. The van der Waals surface area contributed by atoms with Gasteiger partial charge in [-0.1, -0.05) is 31.4 Å². The third-order valence-electron chi connectivity index (χ3n) is 3.81. The highest BCUT2D eigenvalue weighted by molar-refractivity contribution is 6.34. The van der Waals surface area contributed by atoms with E-state index in [4.69, 9.17) is 11.6 Å². The van der Waals surface area contributed by atoms with Gasteiger partial charge in [0.2, 0.25) is 0 Å². The number of nitrogens with one attached hydrogen (secondary N) is 2. The molecule has 0 saturated carbocycles. The largest absolute Gasteiger partial charge is 0.480 e. The van der Waals surface area contributed by atoms with Gasteiger partial charge in [-0.3, -0.25) is 9.69 Å². The van der Waals surface area contributed by atoms with E-state index in [2.05, 4.69) is 10.6 Å². The normalized spacial score (nSPS) is 15.1. The predicted molar refractivity (Wildman–Crippen MR) is 90.6 cm³/mol. The van der Waals surface area contributed by atoms with Crippen molar-refractivity contribution in [1.82, 2.24) is 10.6 Å². The van der Waals surface area contributed by atoms with E-state index in [0.717, 1.165) is 6.42 Å². The van der Waals surface area contributed by atoms with Crippen molar-refractivity contribution in [3.05, 3.63) is 28.8 Å². The second-order valence-corrected chi connectivity index (χ2v) is 5.96. The number of unbranched alkanes of at least 4 members (excludes halogenated alkanes) is 1. The topological polar surface area (TPSA) is 98.7 Å². The number of anilines is 1. The first-order valence-electron chi connectivity index (χ1n) is 7.82. The summed E-state index contributed by atoms with van der Waals surface area (Å²) in [6, 6.07) is 3.47. The van der Waals surface area contributed by atoms with Gasteiger partial charge in [0.15, 0.2) is 0 Å². The summed E-state index contributed by atoms with van der Waals surface area (Å²) < 4.78 is 0. The molecule has 0 aliphatic carbocycles. The summed E-state index contributed by atoms with van der Waals surface area (Å²) in [6.45, 7) is 2.97. The van der Waals surface area contributed by atoms with E-state index in [0.29, 0.717) is 31.6 Å². The van der Waals surface area contributed by atoms with Crippen LogP contribution in [0, 0.1) is 0 Å². The zero-order chi connectivity index (χ0) is 17.7. The first-order valence-corrected chi connectivity index (χ1v) is 8.20. The van der Waals surface area contributed by atoms with Gasteiger partial charge in [-0.05, 0) is 24.6 Å². The molecule has 1 aromatic rings. The van der Waals surface area contributed by atoms with Crippen LogP contribution in [0.1, 0.15) is 36.5 Å². The van der Waals surface area contributed by atoms with Gasteiger partial charge in [0, 0.05) is 18.8 Å². The Morgan fingerprint density at radius 1 is 1.46 bits per heavy atom. The number of halogens is 1. The minimum absolute atomic E-state index is 0.150. The predicted octanol–water partition coefficient (Wildman–Crippen LogP) is 2.24. The average molecular weight is 354 g/mol. The fourth-order valence-electron chi connectivity index (χ4n) is 2.47. The molecule has 1 saturated heterocycles. The summed E-state index contributed by atoms with van der Waals surface area (Å²) in [5.41, 5.74) is 0.691. The summed E-state index contributed by atoms with van der Waals surface area (Å²) in [4.78, 5) is 36.9. The molecule has 1 aromatic carbocycles. The molecule has 24 heavy (non-hydrogen) atoms. The van der Waals surface area contributed by atoms with Crippen molar-refractivity contribution in [2.24, 2.45) is 0 Å². The van der Waals surface area contributed by atoms with E-state index < -0.39 is 17.9 Å². The molecule has 7 nitrogen and oxygen atoms in total. The first kappa shape index (κ1) is 18.1. The molecular weight excluding hydrogens is 334 g/mol. The number of carboxylic acid groups (broad SMARTS) is 1. The number of benzene rings is 1. The molecule has 0 aromatic heterocycles. The van der Waals surface area contributed by atoms with Gasteiger partial charge < -0.3 is 15.7 Å². The molecular formula is C16H20ClN3O4. The lowest BCUT2D eigenvalue weighted by atomic mass is 10.1. The highest BCUT2D eigenvalue weighted by atomic mass is 35.5. The van der Waals surface area contributed by atoms with Crippen LogP contribution in [-0.4, -0.2) is 42.1 Å². The summed E-state index contributed by atoms with van der Waals surface area (Å²) >= 11 is 6.07. The Kier molecular flexibility index (Phi) is 6.03. The number of hydrogen-bond acceptors (Lipinski definition) is 3. The quantitative estimate of drug-likeness (QED) is 0.700. The van der Waals surface area contributed by atoms with Gasteiger partial charge in [0.25, 0.3) is 5.91 Å². The van der Waals surface area contributed by atoms with E-state index in [9.17, 15) is 19.5 Å². The fraction of sp³-hybridized carbons (Fsp3) is 0.438. The molecule has 1 aliphatic heterocycles. The molecule has 3 N–H and O–H groups in total. The number of aliphatic carboxylic acids is 1. The standard InChI is InChI=1S/C16H20ClN3O4/c1-2-3-4-13(15(22)23)19-14(21)11-9-10(5-6-12(11)17)20-8-7-18-16(20)24/h5-6,9,13H,2-4,7-8H2,1H3,(H,18,24)(H,19,21)(H,22,23). The zero-order valence-corrected chi connectivity index (χ0v) is 14.1. The molecule has 0 radical (unpaired) electrons. The average Bonchev–Trinajstić information content (AvgIpc) is 2.97. The molecule has 1 atom stereocenters. The summed E-state index contributed by atoms with van der Waals surface area (Å²) in [5.74, 6) is -1.65. The van der Waals surface area contributed by atoms with Crippen molar-refractivity contribution in [3.8, 4) is 0 Å². The van der Waals surface area contributed by atoms with E-state index in [1.165, 1.54) is 17.0 Å². The maximum atomic E-state index is 12.4. The van der Waals surface area contributed by atoms with Crippen molar-refractivity contribution in [3.63, 3.8) is 0 Å². The summed E-state index contributed by atoms with van der Waals surface area (Å²) in [6.07, 6.45) is 1.88.